The maximum atomic E-state index is 6.01. The molecule has 0 aromatic heterocycles. The number of hydrogen-bond acceptors (Lipinski definition) is 3. The molecule has 23 heavy (non-hydrogen) atoms. The maximum Gasteiger partial charge on any atom is 0.384 e. The quantitative estimate of drug-likeness (QED) is 0.633. The SMILES string of the molecule is CC(C)(C)OC1=N[C@H](C23CC4CC(CC(C4)C2)C3)C[C@H](CBr)O1. The van der Waals surface area contributed by atoms with Gasteiger partial charge < -0.3 is 9.47 Å². The van der Waals surface area contributed by atoms with Gasteiger partial charge in [-0.3, -0.25) is 0 Å². The summed E-state index contributed by atoms with van der Waals surface area (Å²) < 4.78 is 12.0. The van der Waals surface area contributed by atoms with Crippen LogP contribution in [0.3, 0.4) is 0 Å². The normalized spacial score (nSPS) is 45.6. The molecule has 0 aromatic rings. The average molecular weight is 384 g/mol. The topological polar surface area (TPSA) is 30.8 Å². The van der Waals surface area contributed by atoms with Crippen molar-refractivity contribution < 1.29 is 9.47 Å². The molecule has 4 fully saturated rings. The van der Waals surface area contributed by atoms with E-state index in [0.29, 0.717) is 17.5 Å². The zero-order valence-corrected chi connectivity index (χ0v) is 16.3. The Kier molecular flexibility index (Phi) is 3.98. The molecule has 130 valence electrons. The molecular formula is C19H30BrNO2. The molecule has 4 heteroatoms. The summed E-state index contributed by atoms with van der Waals surface area (Å²) in [6, 6.07) is 0.393. The van der Waals surface area contributed by atoms with E-state index in [4.69, 9.17) is 14.5 Å². The minimum absolute atomic E-state index is 0.197. The van der Waals surface area contributed by atoms with Crippen molar-refractivity contribution in [2.24, 2.45) is 28.2 Å². The van der Waals surface area contributed by atoms with Gasteiger partial charge in [-0.15, -0.1) is 0 Å². The van der Waals surface area contributed by atoms with Gasteiger partial charge in [-0.05, 0) is 82.5 Å². The molecule has 0 spiro atoms. The van der Waals surface area contributed by atoms with Crippen LogP contribution in [0, 0.1) is 23.2 Å². The fourth-order valence-corrected chi connectivity index (χ4v) is 6.43. The lowest BCUT2D eigenvalue weighted by Gasteiger charge is -2.59. The summed E-state index contributed by atoms with van der Waals surface area (Å²) in [6.45, 7) is 6.20. The lowest BCUT2D eigenvalue weighted by atomic mass is 9.47. The number of halogens is 1. The highest BCUT2D eigenvalue weighted by atomic mass is 79.9. The van der Waals surface area contributed by atoms with Crippen LogP contribution < -0.4 is 0 Å². The first-order chi connectivity index (χ1) is 10.9. The number of aliphatic imine (C=N–C) groups is 1. The van der Waals surface area contributed by atoms with Gasteiger partial charge in [0.05, 0.1) is 6.04 Å². The molecule has 4 aliphatic carbocycles. The Balaban J connectivity index is 1.60. The Morgan fingerprint density at radius 2 is 1.65 bits per heavy atom. The number of hydrogen-bond donors (Lipinski definition) is 0. The largest absolute Gasteiger partial charge is 0.446 e. The zero-order valence-electron chi connectivity index (χ0n) is 14.7. The molecule has 0 N–H and O–H groups in total. The maximum absolute atomic E-state index is 6.01. The van der Waals surface area contributed by atoms with Gasteiger partial charge in [0, 0.05) is 11.8 Å². The molecule has 0 aromatic carbocycles. The highest BCUT2D eigenvalue weighted by molar-refractivity contribution is 9.09. The molecule has 0 amide bonds. The average Bonchev–Trinajstić information content (AvgIpc) is 2.43. The van der Waals surface area contributed by atoms with Crippen LogP contribution in [-0.2, 0) is 9.47 Å². The third kappa shape index (κ3) is 3.17. The molecule has 1 aliphatic heterocycles. The molecule has 0 radical (unpaired) electrons. The summed E-state index contributed by atoms with van der Waals surface area (Å²) in [7, 11) is 0. The molecule has 2 atom stereocenters. The molecule has 5 aliphatic rings. The van der Waals surface area contributed by atoms with Crippen LogP contribution in [0.15, 0.2) is 4.99 Å². The van der Waals surface area contributed by atoms with Crippen LogP contribution >= 0.6 is 15.9 Å². The van der Waals surface area contributed by atoms with E-state index in [-0.39, 0.29) is 11.7 Å². The molecule has 5 rings (SSSR count). The second-order valence-corrected chi connectivity index (χ2v) is 10.2. The predicted molar refractivity (Wildman–Crippen MR) is 96.0 cm³/mol. The van der Waals surface area contributed by atoms with Gasteiger partial charge in [0.2, 0.25) is 0 Å². The first kappa shape index (κ1) is 16.2. The van der Waals surface area contributed by atoms with Gasteiger partial charge in [0.1, 0.15) is 11.7 Å². The van der Waals surface area contributed by atoms with E-state index >= 15 is 0 Å². The summed E-state index contributed by atoms with van der Waals surface area (Å²) >= 11 is 3.62. The standard InChI is InChI=1S/C19H30BrNO2/c1-18(2,3)23-17-21-16(7-15(11-20)22-17)19-8-12-4-13(9-19)6-14(5-12)10-19/h12-16H,4-11H2,1-3H3/t12?,13?,14?,15-,16+,19?/m1/s1. The smallest absolute Gasteiger partial charge is 0.384 e. The fourth-order valence-electron chi connectivity index (χ4n) is 6.03. The molecule has 4 bridgehead atoms. The lowest BCUT2D eigenvalue weighted by molar-refractivity contribution is -0.0809. The van der Waals surface area contributed by atoms with Gasteiger partial charge in [-0.1, -0.05) is 15.9 Å². The van der Waals surface area contributed by atoms with E-state index in [1.54, 1.807) is 0 Å². The predicted octanol–water partition coefficient (Wildman–Crippen LogP) is 4.93. The van der Waals surface area contributed by atoms with Gasteiger partial charge in [0.15, 0.2) is 0 Å². The third-order valence-corrected chi connectivity index (χ3v) is 7.10. The summed E-state index contributed by atoms with van der Waals surface area (Å²) in [6.07, 6.45) is 10.4. The molecule has 3 nitrogen and oxygen atoms in total. The van der Waals surface area contributed by atoms with E-state index in [0.717, 1.165) is 29.5 Å². The summed E-state index contributed by atoms with van der Waals surface area (Å²) in [5, 5.41) is 0.863. The van der Waals surface area contributed by atoms with E-state index in [9.17, 15) is 0 Å². The van der Waals surface area contributed by atoms with Gasteiger partial charge in [-0.25, -0.2) is 4.99 Å². The van der Waals surface area contributed by atoms with Crippen molar-refractivity contribution in [3.8, 4) is 0 Å². The van der Waals surface area contributed by atoms with Crippen molar-refractivity contribution in [2.75, 3.05) is 5.33 Å². The highest BCUT2D eigenvalue weighted by Crippen LogP contribution is 2.62. The highest BCUT2D eigenvalue weighted by Gasteiger charge is 2.55. The second-order valence-electron chi connectivity index (χ2n) is 9.54. The minimum atomic E-state index is -0.251. The Hall–Kier alpha value is -0.250. The van der Waals surface area contributed by atoms with Crippen LogP contribution in [0.4, 0.5) is 0 Å². The van der Waals surface area contributed by atoms with Crippen LogP contribution in [-0.4, -0.2) is 29.2 Å². The number of alkyl halides is 1. The van der Waals surface area contributed by atoms with Crippen molar-refractivity contribution in [2.45, 2.75) is 83.5 Å². The summed E-state index contributed by atoms with van der Waals surface area (Å²) in [5.41, 5.74) is 0.185. The fraction of sp³-hybridized carbons (Fsp3) is 0.947. The lowest BCUT2D eigenvalue weighted by Crippen LogP contribution is -2.53. The number of nitrogens with zero attached hydrogens (tertiary/aromatic N) is 1. The van der Waals surface area contributed by atoms with E-state index in [1.807, 2.05) is 0 Å². The first-order valence-electron chi connectivity index (χ1n) is 9.35. The molecule has 1 heterocycles. The van der Waals surface area contributed by atoms with Gasteiger partial charge >= 0.3 is 6.08 Å². The molecular weight excluding hydrogens is 354 g/mol. The van der Waals surface area contributed by atoms with Crippen molar-refractivity contribution in [3.63, 3.8) is 0 Å². The van der Waals surface area contributed by atoms with Crippen molar-refractivity contribution in [3.05, 3.63) is 0 Å². The van der Waals surface area contributed by atoms with Crippen LogP contribution in [0.25, 0.3) is 0 Å². The number of rotatable bonds is 2. The van der Waals surface area contributed by atoms with Crippen LogP contribution in [0.5, 0.6) is 0 Å². The molecule has 0 unspecified atom stereocenters. The van der Waals surface area contributed by atoms with E-state index in [2.05, 4.69) is 36.7 Å². The Morgan fingerprint density at radius 1 is 1.09 bits per heavy atom. The number of ether oxygens (including phenoxy) is 2. The zero-order chi connectivity index (χ0) is 16.2. The van der Waals surface area contributed by atoms with Gasteiger partial charge in [0.25, 0.3) is 0 Å². The van der Waals surface area contributed by atoms with Crippen molar-refractivity contribution >= 4 is 22.0 Å². The van der Waals surface area contributed by atoms with Crippen LogP contribution in [0.2, 0.25) is 0 Å². The van der Waals surface area contributed by atoms with E-state index in [1.165, 1.54) is 38.5 Å². The molecule has 0 saturated heterocycles. The van der Waals surface area contributed by atoms with Crippen molar-refractivity contribution in [1.82, 2.24) is 0 Å². The molecule has 4 saturated carbocycles. The van der Waals surface area contributed by atoms with Gasteiger partial charge in [-0.2, -0.15) is 0 Å². The summed E-state index contributed by atoms with van der Waals surface area (Å²) in [4.78, 5) is 5.01. The second kappa shape index (κ2) is 5.64. The Labute approximate surface area is 148 Å². The summed E-state index contributed by atoms with van der Waals surface area (Å²) in [5.74, 6) is 2.90. The minimum Gasteiger partial charge on any atom is -0.446 e. The Bertz CT molecular complexity index is 461. The monoisotopic (exact) mass is 383 g/mol. The van der Waals surface area contributed by atoms with E-state index < -0.39 is 0 Å². The first-order valence-corrected chi connectivity index (χ1v) is 10.5. The Morgan fingerprint density at radius 3 is 2.13 bits per heavy atom. The van der Waals surface area contributed by atoms with Crippen LogP contribution in [0.1, 0.15) is 65.7 Å². The van der Waals surface area contributed by atoms with Crippen molar-refractivity contribution in [1.29, 1.82) is 0 Å². The third-order valence-electron chi connectivity index (χ3n) is 6.37.